The van der Waals surface area contributed by atoms with Crippen LogP contribution in [0.25, 0.3) is 0 Å². The molecule has 1 aliphatic heterocycles. The molecule has 1 aliphatic rings. The van der Waals surface area contributed by atoms with Gasteiger partial charge in [0.05, 0.1) is 0 Å². The predicted molar refractivity (Wildman–Crippen MR) is 110 cm³/mol. The molecule has 1 saturated heterocycles. The molecule has 1 atom stereocenters. The van der Waals surface area contributed by atoms with E-state index in [1.165, 1.54) is 18.9 Å². The number of hydrogen-bond donors (Lipinski definition) is 1. The van der Waals surface area contributed by atoms with Gasteiger partial charge >= 0.3 is 11.9 Å². The third kappa shape index (κ3) is 8.65. The lowest BCUT2D eigenvalue weighted by Gasteiger charge is -2.26. The second kappa shape index (κ2) is 11.4. The van der Waals surface area contributed by atoms with Crippen LogP contribution in [0.3, 0.4) is 0 Å². The molecule has 1 heterocycles. The number of nitrogens with zero attached hydrogens (tertiary/aromatic N) is 2. The molecule has 29 heavy (non-hydrogen) atoms. The second-order valence-electron chi connectivity index (χ2n) is 7.33. The Balaban J connectivity index is 2.23. The Hall–Kier alpha value is -1.75. The smallest absolute Gasteiger partial charge is 0.333 e. The Bertz CT molecular complexity index is 638. The van der Waals surface area contributed by atoms with Crippen molar-refractivity contribution >= 4 is 51.2 Å². The first-order chi connectivity index (χ1) is 13.4. The van der Waals surface area contributed by atoms with Crippen molar-refractivity contribution in [2.45, 2.75) is 70.1 Å². The van der Waals surface area contributed by atoms with Crippen LogP contribution in [0.5, 0.6) is 0 Å². The van der Waals surface area contributed by atoms with Gasteiger partial charge in [0, 0.05) is 43.2 Å². The summed E-state index contributed by atoms with van der Waals surface area (Å²) in [5.74, 6) is -2.19. The Kier molecular flexibility index (Phi) is 9.97. The zero-order valence-corrected chi connectivity index (χ0v) is 18.8. The first-order valence-electron chi connectivity index (χ1n) is 9.30. The Morgan fingerprint density at radius 2 is 1.79 bits per heavy atom. The Morgan fingerprint density at radius 1 is 1.21 bits per heavy atom. The summed E-state index contributed by atoms with van der Waals surface area (Å²) in [7, 11) is 4.64. The summed E-state index contributed by atoms with van der Waals surface area (Å²) in [5.41, 5.74) is 0. The lowest BCUT2D eigenvalue weighted by atomic mass is 10.1. The van der Waals surface area contributed by atoms with Crippen LogP contribution in [0.1, 0.15) is 59.3 Å². The minimum atomic E-state index is -1.04. The van der Waals surface area contributed by atoms with E-state index in [4.69, 9.17) is 9.94 Å². The molecular formula is C18H28N2O7S2. The van der Waals surface area contributed by atoms with Gasteiger partial charge in [-0.05, 0) is 33.6 Å². The molecule has 0 radical (unpaired) electrons. The van der Waals surface area contributed by atoms with E-state index in [0.29, 0.717) is 23.7 Å². The maximum Gasteiger partial charge on any atom is 0.333 e. The van der Waals surface area contributed by atoms with E-state index < -0.39 is 29.8 Å². The molecule has 0 saturated carbocycles. The highest BCUT2D eigenvalue weighted by Gasteiger charge is 2.32. The van der Waals surface area contributed by atoms with Crippen LogP contribution in [0.15, 0.2) is 0 Å². The highest BCUT2D eigenvalue weighted by molar-refractivity contribution is 8.77. The largest absolute Gasteiger partial charge is 0.480 e. The van der Waals surface area contributed by atoms with Crippen molar-refractivity contribution in [3.05, 3.63) is 0 Å². The summed E-state index contributed by atoms with van der Waals surface area (Å²) < 4.78 is -0.206. The van der Waals surface area contributed by atoms with Crippen LogP contribution < -0.4 is 0 Å². The van der Waals surface area contributed by atoms with Crippen molar-refractivity contribution in [2.24, 2.45) is 0 Å². The maximum atomic E-state index is 12.1. The average molecular weight is 449 g/mol. The third-order valence-corrected chi connectivity index (χ3v) is 7.80. The SMILES string of the molecule is C[C@@H](C(=O)O)N(C)C(=O)CCC(C)(C)SSCCCC(=O)ON1C(=O)CCC1=O. The molecule has 11 heteroatoms. The normalized spacial score (nSPS) is 15.4. The number of rotatable bonds is 12. The highest BCUT2D eigenvalue weighted by atomic mass is 33.1. The van der Waals surface area contributed by atoms with Gasteiger partial charge in [0.25, 0.3) is 11.8 Å². The van der Waals surface area contributed by atoms with Crippen LogP contribution >= 0.6 is 21.6 Å². The minimum absolute atomic E-state index is 0.0706. The topological polar surface area (TPSA) is 121 Å². The summed E-state index contributed by atoms with van der Waals surface area (Å²) in [6.07, 6.45) is 1.60. The van der Waals surface area contributed by atoms with Crippen molar-refractivity contribution in [2.75, 3.05) is 12.8 Å². The molecule has 0 unspecified atom stereocenters. The fraction of sp³-hybridized carbons (Fsp3) is 0.722. The van der Waals surface area contributed by atoms with Crippen molar-refractivity contribution in [1.82, 2.24) is 9.96 Å². The average Bonchev–Trinajstić information content (AvgIpc) is 2.96. The molecular weight excluding hydrogens is 420 g/mol. The number of likely N-dealkylation sites (N-methyl/N-ethyl adjacent to an activating group) is 1. The number of amides is 3. The number of hydrogen-bond acceptors (Lipinski definition) is 8. The molecule has 1 fully saturated rings. The fourth-order valence-electron chi connectivity index (χ4n) is 2.29. The van der Waals surface area contributed by atoms with Gasteiger partial charge in [0.15, 0.2) is 0 Å². The van der Waals surface area contributed by atoms with Gasteiger partial charge in [-0.2, -0.15) is 0 Å². The number of carbonyl (C=O) groups is 5. The zero-order chi connectivity index (χ0) is 22.2. The van der Waals surface area contributed by atoms with E-state index in [0.717, 1.165) is 0 Å². The van der Waals surface area contributed by atoms with E-state index in [9.17, 15) is 24.0 Å². The number of carbonyl (C=O) groups excluding carboxylic acids is 4. The Morgan fingerprint density at radius 3 is 2.34 bits per heavy atom. The lowest BCUT2D eigenvalue weighted by molar-refractivity contribution is -0.197. The van der Waals surface area contributed by atoms with Gasteiger partial charge in [-0.3, -0.25) is 14.4 Å². The van der Waals surface area contributed by atoms with Gasteiger partial charge in [-0.1, -0.05) is 21.6 Å². The van der Waals surface area contributed by atoms with Crippen molar-refractivity contribution < 1.29 is 33.9 Å². The first-order valence-corrected chi connectivity index (χ1v) is 11.6. The number of carboxylic acid groups (broad SMARTS) is 1. The molecule has 164 valence electrons. The van der Waals surface area contributed by atoms with Crippen LogP contribution in [0, 0.1) is 0 Å². The van der Waals surface area contributed by atoms with E-state index in [1.54, 1.807) is 21.6 Å². The molecule has 9 nitrogen and oxygen atoms in total. The summed E-state index contributed by atoms with van der Waals surface area (Å²) in [5, 5.41) is 9.52. The minimum Gasteiger partial charge on any atom is -0.480 e. The van der Waals surface area contributed by atoms with Gasteiger partial charge < -0.3 is 14.8 Å². The van der Waals surface area contributed by atoms with E-state index in [1.807, 2.05) is 13.8 Å². The molecule has 1 rings (SSSR count). The summed E-state index contributed by atoms with van der Waals surface area (Å²) in [4.78, 5) is 63.6. The highest BCUT2D eigenvalue weighted by Crippen LogP contribution is 2.39. The van der Waals surface area contributed by atoms with Crippen LogP contribution in [0.4, 0.5) is 0 Å². The monoisotopic (exact) mass is 448 g/mol. The summed E-state index contributed by atoms with van der Waals surface area (Å²) >= 11 is 0. The number of carboxylic acids is 1. The fourth-order valence-corrected chi connectivity index (χ4v) is 4.95. The number of hydroxylamine groups is 2. The van der Waals surface area contributed by atoms with Gasteiger partial charge in [0.1, 0.15) is 6.04 Å². The summed E-state index contributed by atoms with van der Waals surface area (Å²) in [6, 6.07) is -0.862. The van der Waals surface area contributed by atoms with Gasteiger partial charge in [-0.25, -0.2) is 9.59 Å². The maximum absolute atomic E-state index is 12.1. The molecule has 0 spiro atoms. The molecule has 3 amide bonds. The van der Waals surface area contributed by atoms with E-state index in [2.05, 4.69) is 0 Å². The van der Waals surface area contributed by atoms with Crippen LogP contribution in [0.2, 0.25) is 0 Å². The predicted octanol–water partition coefficient (Wildman–Crippen LogP) is 2.25. The quantitative estimate of drug-likeness (QED) is 0.272. The molecule has 0 aromatic rings. The zero-order valence-electron chi connectivity index (χ0n) is 17.1. The number of aliphatic carboxylic acids is 1. The standard InChI is InChI=1S/C18H28N2O7S2/c1-12(17(25)26)19(4)13(21)9-10-18(2,3)29-28-11-5-6-16(24)27-20-14(22)7-8-15(20)23/h12H,5-11H2,1-4H3,(H,25,26)/t12-/m0/s1. The molecule has 1 N–H and O–H groups in total. The molecule has 0 aromatic carbocycles. The Labute approximate surface area is 178 Å². The summed E-state index contributed by atoms with van der Waals surface area (Å²) in [6.45, 7) is 5.46. The van der Waals surface area contributed by atoms with Gasteiger partial charge in [0.2, 0.25) is 5.91 Å². The molecule has 0 aromatic heterocycles. The first kappa shape index (κ1) is 25.3. The lowest BCUT2D eigenvalue weighted by Crippen LogP contribution is -2.40. The van der Waals surface area contributed by atoms with Crippen molar-refractivity contribution in [1.29, 1.82) is 0 Å². The van der Waals surface area contributed by atoms with Crippen LogP contribution in [-0.4, -0.2) is 68.3 Å². The van der Waals surface area contributed by atoms with E-state index >= 15 is 0 Å². The van der Waals surface area contributed by atoms with Crippen LogP contribution in [-0.2, 0) is 28.8 Å². The van der Waals surface area contributed by atoms with E-state index in [-0.39, 0.29) is 36.3 Å². The van der Waals surface area contributed by atoms with Crippen molar-refractivity contribution in [3.63, 3.8) is 0 Å². The molecule has 0 bridgehead atoms. The molecule has 0 aliphatic carbocycles. The van der Waals surface area contributed by atoms with Gasteiger partial charge in [-0.15, -0.1) is 5.06 Å². The number of imide groups is 1. The third-order valence-electron chi connectivity index (χ3n) is 4.36. The van der Waals surface area contributed by atoms with Crippen molar-refractivity contribution in [3.8, 4) is 0 Å². The second-order valence-corrected chi connectivity index (χ2v) is 10.5.